The predicted molar refractivity (Wildman–Crippen MR) is 84.5 cm³/mol. The summed E-state index contributed by atoms with van der Waals surface area (Å²) in [7, 11) is 3.32. The molecule has 0 unspecified atom stereocenters. The van der Waals surface area contributed by atoms with Gasteiger partial charge < -0.3 is 15.0 Å². The second-order valence-corrected chi connectivity index (χ2v) is 5.54. The summed E-state index contributed by atoms with van der Waals surface area (Å²) >= 11 is 7.18. The average Bonchev–Trinajstić information content (AvgIpc) is 2.85. The second kappa shape index (κ2) is 6.73. The predicted octanol–water partition coefficient (Wildman–Crippen LogP) is 2.58. The van der Waals surface area contributed by atoms with Crippen molar-refractivity contribution in [2.24, 2.45) is 0 Å². The number of carbonyl (C=O) groups is 1. The summed E-state index contributed by atoms with van der Waals surface area (Å²) in [5.41, 5.74) is 0.539. The highest BCUT2D eigenvalue weighted by Gasteiger charge is 2.13. The molecule has 0 spiro atoms. The maximum absolute atomic E-state index is 12.1. The van der Waals surface area contributed by atoms with Crippen LogP contribution in [0.3, 0.4) is 0 Å². The molecule has 0 aliphatic carbocycles. The van der Waals surface area contributed by atoms with E-state index in [2.05, 4.69) is 14.7 Å². The molecule has 0 bridgehead atoms. The Labute approximate surface area is 131 Å². The van der Waals surface area contributed by atoms with Crippen molar-refractivity contribution in [3.8, 4) is 5.75 Å². The molecule has 0 aliphatic rings. The molecule has 21 heavy (non-hydrogen) atoms. The number of aryl methyl sites for hydroxylation is 1. The van der Waals surface area contributed by atoms with E-state index in [4.69, 9.17) is 16.3 Å². The van der Waals surface area contributed by atoms with Gasteiger partial charge in [-0.2, -0.15) is 4.37 Å². The van der Waals surface area contributed by atoms with Crippen LogP contribution in [0.15, 0.2) is 18.2 Å². The number of halogens is 1. The number of likely N-dealkylation sites (N-methyl/N-ethyl adjacent to an activating group) is 1. The minimum atomic E-state index is -0.189. The average molecular weight is 327 g/mol. The van der Waals surface area contributed by atoms with Crippen molar-refractivity contribution in [2.45, 2.75) is 6.92 Å². The lowest BCUT2D eigenvalue weighted by molar-refractivity contribution is -0.114. The monoisotopic (exact) mass is 326 g/mol. The molecule has 0 saturated carbocycles. The molecule has 1 aromatic carbocycles. The summed E-state index contributed by atoms with van der Waals surface area (Å²) in [6, 6.07) is 5.05. The Hall–Kier alpha value is -1.86. The second-order valence-electron chi connectivity index (χ2n) is 4.37. The molecule has 6 nitrogen and oxygen atoms in total. The van der Waals surface area contributed by atoms with Gasteiger partial charge in [-0.3, -0.25) is 4.79 Å². The molecule has 1 amide bonds. The summed E-state index contributed by atoms with van der Waals surface area (Å²) in [5.74, 6) is 1.06. The number of hydrogen-bond donors (Lipinski definition) is 1. The van der Waals surface area contributed by atoms with Crippen LogP contribution >= 0.6 is 23.1 Å². The number of anilines is 2. The number of nitrogens with one attached hydrogen (secondary N) is 1. The summed E-state index contributed by atoms with van der Waals surface area (Å²) in [4.78, 5) is 18.0. The molecule has 0 saturated heterocycles. The van der Waals surface area contributed by atoms with E-state index in [1.807, 2.05) is 6.92 Å². The van der Waals surface area contributed by atoms with Crippen LogP contribution in [0.5, 0.6) is 5.75 Å². The van der Waals surface area contributed by atoms with Crippen LogP contribution in [0.1, 0.15) is 5.82 Å². The zero-order valence-electron chi connectivity index (χ0n) is 11.9. The Bertz CT molecular complexity index is 647. The SMILES string of the molecule is COc1ccc(Cl)cc1NC(=O)CN(C)c1nc(C)ns1. The quantitative estimate of drug-likeness (QED) is 0.914. The Morgan fingerprint density at radius 3 is 2.90 bits per heavy atom. The fourth-order valence-electron chi connectivity index (χ4n) is 1.69. The summed E-state index contributed by atoms with van der Waals surface area (Å²) in [5, 5.41) is 4.00. The lowest BCUT2D eigenvalue weighted by Crippen LogP contribution is -2.30. The first kappa shape index (κ1) is 15.5. The van der Waals surface area contributed by atoms with Crippen LogP contribution in [-0.2, 0) is 4.79 Å². The number of rotatable bonds is 5. The van der Waals surface area contributed by atoms with Crippen LogP contribution in [0.4, 0.5) is 10.8 Å². The van der Waals surface area contributed by atoms with E-state index >= 15 is 0 Å². The fraction of sp³-hybridized carbons (Fsp3) is 0.308. The van der Waals surface area contributed by atoms with Gasteiger partial charge in [0.2, 0.25) is 11.0 Å². The van der Waals surface area contributed by atoms with Gasteiger partial charge in [-0.1, -0.05) is 11.6 Å². The van der Waals surface area contributed by atoms with E-state index in [0.29, 0.717) is 27.4 Å². The van der Waals surface area contributed by atoms with Gasteiger partial charge in [0.25, 0.3) is 0 Å². The van der Waals surface area contributed by atoms with Gasteiger partial charge in [0.1, 0.15) is 11.6 Å². The van der Waals surface area contributed by atoms with E-state index in [1.165, 1.54) is 18.6 Å². The first-order valence-corrected chi connectivity index (χ1v) is 7.29. The van der Waals surface area contributed by atoms with Crippen LogP contribution in [0, 0.1) is 6.92 Å². The zero-order valence-corrected chi connectivity index (χ0v) is 13.5. The molecule has 8 heteroatoms. The molecule has 1 N–H and O–H groups in total. The number of hydrogen-bond acceptors (Lipinski definition) is 6. The van der Waals surface area contributed by atoms with Crippen LogP contribution in [0.25, 0.3) is 0 Å². The lowest BCUT2D eigenvalue weighted by Gasteiger charge is -2.16. The minimum absolute atomic E-state index is 0.157. The molecule has 1 aromatic heterocycles. The molecule has 112 valence electrons. The van der Waals surface area contributed by atoms with E-state index < -0.39 is 0 Å². The first-order chi connectivity index (χ1) is 9.99. The molecule has 0 atom stereocenters. The zero-order chi connectivity index (χ0) is 15.4. The number of methoxy groups -OCH3 is 1. The Morgan fingerprint density at radius 2 is 2.29 bits per heavy atom. The van der Waals surface area contributed by atoms with Gasteiger partial charge >= 0.3 is 0 Å². The molecular formula is C13H15ClN4O2S. The first-order valence-electron chi connectivity index (χ1n) is 6.14. The van der Waals surface area contributed by atoms with Gasteiger partial charge in [-0.25, -0.2) is 4.98 Å². The van der Waals surface area contributed by atoms with Gasteiger partial charge in [0, 0.05) is 23.6 Å². The number of carbonyl (C=O) groups excluding carboxylic acids is 1. The van der Waals surface area contributed by atoms with Gasteiger partial charge in [-0.15, -0.1) is 0 Å². The van der Waals surface area contributed by atoms with Crippen molar-refractivity contribution < 1.29 is 9.53 Å². The van der Waals surface area contributed by atoms with Crippen molar-refractivity contribution in [1.29, 1.82) is 0 Å². The van der Waals surface area contributed by atoms with Gasteiger partial charge in [-0.05, 0) is 25.1 Å². The van der Waals surface area contributed by atoms with E-state index in [-0.39, 0.29) is 12.5 Å². The minimum Gasteiger partial charge on any atom is -0.495 e. The molecule has 0 aliphatic heterocycles. The maximum atomic E-state index is 12.1. The normalized spacial score (nSPS) is 10.3. The van der Waals surface area contributed by atoms with Gasteiger partial charge in [0.15, 0.2) is 0 Å². The van der Waals surface area contributed by atoms with E-state index in [0.717, 1.165) is 0 Å². The molecule has 1 heterocycles. The number of benzene rings is 1. The molecular weight excluding hydrogens is 312 g/mol. The number of nitrogens with zero attached hydrogens (tertiary/aromatic N) is 3. The number of amides is 1. The van der Waals surface area contributed by atoms with Crippen molar-refractivity contribution >= 4 is 39.9 Å². The molecule has 2 aromatic rings. The highest BCUT2D eigenvalue weighted by Crippen LogP contribution is 2.27. The third-order valence-corrected chi connectivity index (χ3v) is 3.82. The highest BCUT2D eigenvalue weighted by atomic mass is 35.5. The van der Waals surface area contributed by atoms with Crippen molar-refractivity contribution in [2.75, 3.05) is 30.9 Å². The Kier molecular flexibility index (Phi) is 4.98. The van der Waals surface area contributed by atoms with Crippen molar-refractivity contribution in [1.82, 2.24) is 9.36 Å². The lowest BCUT2D eigenvalue weighted by atomic mass is 10.3. The largest absolute Gasteiger partial charge is 0.495 e. The molecule has 0 fully saturated rings. The molecule has 0 radical (unpaired) electrons. The summed E-state index contributed by atoms with van der Waals surface area (Å²) < 4.78 is 9.27. The maximum Gasteiger partial charge on any atom is 0.244 e. The standard InChI is InChI=1S/C13H15ClN4O2S/c1-8-15-13(21-17-8)18(2)7-12(19)16-10-6-9(14)4-5-11(10)20-3/h4-6H,7H2,1-3H3,(H,16,19). The van der Waals surface area contributed by atoms with Crippen LogP contribution in [0.2, 0.25) is 5.02 Å². The fourth-order valence-corrected chi connectivity index (χ4v) is 2.50. The van der Waals surface area contributed by atoms with E-state index in [9.17, 15) is 4.79 Å². The third kappa shape index (κ3) is 4.05. The van der Waals surface area contributed by atoms with Crippen molar-refractivity contribution in [3.63, 3.8) is 0 Å². The summed E-state index contributed by atoms with van der Waals surface area (Å²) in [6.45, 7) is 1.97. The topological polar surface area (TPSA) is 67.3 Å². The number of aromatic nitrogens is 2. The third-order valence-electron chi connectivity index (χ3n) is 2.66. The van der Waals surface area contributed by atoms with E-state index in [1.54, 1.807) is 30.1 Å². The van der Waals surface area contributed by atoms with Crippen molar-refractivity contribution in [3.05, 3.63) is 29.0 Å². The molecule has 2 rings (SSSR count). The number of ether oxygens (including phenoxy) is 1. The highest BCUT2D eigenvalue weighted by molar-refractivity contribution is 7.09. The Balaban J connectivity index is 2.03. The van der Waals surface area contributed by atoms with Crippen LogP contribution < -0.4 is 15.0 Å². The smallest absolute Gasteiger partial charge is 0.244 e. The van der Waals surface area contributed by atoms with Crippen LogP contribution in [-0.4, -0.2) is 36.0 Å². The van der Waals surface area contributed by atoms with Gasteiger partial charge in [0.05, 0.1) is 19.3 Å². The Morgan fingerprint density at radius 1 is 1.52 bits per heavy atom. The summed E-state index contributed by atoms with van der Waals surface area (Å²) in [6.07, 6.45) is 0.